The Morgan fingerprint density at radius 3 is 3.07 bits per heavy atom. The molecule has 0 aliphatic heterocycles. The second kappa shape index (κ2) is 2.88. The van der Waals surface area contributed by atoms with Gasteiger partial charge in [0, 0.05) is 11.6 Å². The zero-order valence-electron chi connectivity index (χ0n) is 7.04. The number of thiazole rings is 1. The molecular formula is C9H5N3OS. The van der Waals surface area contributed by atoms with Gasteiger partial charge in [0.25, 0.3) is 0 Å². The van der Waals surface area contributed by atoms with Gasteiger partial charge in [-0.25, -0.2) is 9.97 Å². The summed E-state index contributed by atoms with van der Waals surface area (Å²) in [4.78, 5) is 12.4. The highest BCUT2D eigenvalue weighted by Gasteiger charge is 2.09. The SMILES string of the molecule is c1cnc2nc(-c3cscn3)oc2c1. The Labute approximate surface area is 83.3 Å². The van der Waals surface area contributed by atoms with Crippen LogP contribution in [0.5, 0.6) is 0 Å². The van der Waals surface area contributed by atoms with Crippen LogP contribution in [-0.4, -0.2) is 15.0 Å². The van der Waals surface area contributed by atoms with Crippen molar-refractivity contribution in [1.29, 1.82) is 0 Å². The van der Waals surface area contributed by atoms with E-state index < -0.39 is 0 Å². The second-order valence-electron chi connectivity index (χ2n) is 2.72. The molecule has 3 aromatic heterocycles. The van der Waals surface area contributed by atoms with Gasteiger partial charge in [-0.1, -0.05) is 0 Å². The highest BCUT2D eigenvalue weighted by atomic mass is 32.1. The molecule has 0 radical (unpaired) electrons. The number of hydrogen-bond donors (Lipinski definition) is 0. The fraction of sp³-hybridized carbons (Fsp3) is 0. The number of pyridine rings is 1. The van der Waals surface area contributed by atoms with Crippen molar-refractivity contribution in [2.45, 2.75) is 0 Å². The van der Waals surface area contributed by atoms with Gasteiger partial charge in [-0.2, -0.15) is 4.98 Å². The quantitative estimate of drug-likeness (QED) is 0.609. The lowest BCUT2D eigenvalue weighted by molar-refractivity contribution is 0.617. The number of aromatic nitrogens is 3. The maximum Gasteiger partial charge on any atom is 0.248 e. The summed E-state index contributed by atoms with van der Waals surface area (Å²) in [7, 11) is 0. The molecule has 3 heterocycles. The Hall–Kier alpha value is -1.75. The van der Waals surface area contributed by atoms with E-state index in [1.54, 1.807) is 11.7 Å². The Bertz CT molecular complexity index is 525. The van der Waals surface area contributed by atoms with Crippen molar-refractivity contribution >= 4 is 22.6 Å². The summed E-state index contributed by atoms with van der Waals surface area (Å²) >= 11 is 1.51. The predicted octanol–water partition coefficient (Wildman–Crippen LogP) is 2.35. The molecule has 0 atom stereocenters. The van der Waals surface area contributed by atoms with E-state index in [4.69, 9.17) is 4.42 Å². The van der Waals surface area contributed by atoms with Crippen LogP contribution in [0, 0.1) is 0 Å². The number of nitrogens with zero attached hydrogens (tertiary/aromatic N) is 3. The zero-order chi connectivity index (χ0) is 9.38. The van der Waals surface area contributed by atoms with Crippen molar-refractivity contribution < 1.29 is 4.42 Å². The molecule has 0 aliphatic rings. The van der Waals surface area contributed by atoms with E-state index in [1.807, 2.05) is 17.5 Å². The van der Waals surface area contributed by atoms with E-state index in [1.165, 1.54) is 11.3 Å². The lowest BCUT2D eigenvalue weighted by atomic mass is 10.5. The molecule has 0 aromatic carbocycles. The molecule has 0 bridgehead atoms. The minimum atomic E-state index is 0.528. The van der Waals surface area contributed by atoms with Crippen molar-refractivity contribution in [1.82, 2.24) is 15.0 Å². The zero-order valence-corrected chi connectivity index (χ0v) is 7.86. The topological polar surface area (TPSA) is 51.8 Å². The standard InChI is InChI=1S/C9H5N3OS/c1-2-7-8(10-3-1)12-9(13-7)6-4-14-5-11-6/h1-5H. The number of hydrogen-bond acceptors (Lipinski definition) is 5. The minimum absolute atomic E-state index is 0.528. The van der Waals surface area contributed by atoms with Gasteiger partial charge in [-0.15, -0.1) is 11.3 Å². The molecule has 0 spiro atoms. The van der Waals surface area contributed by atoms with Crippen LogP contribution in [0.15, 0.2) is 33.6 Å². The largest absolute Gasteiger partial charge is 0.433 e. The Kier molecular flexibility index (Phi) is 1.57. The van der Waals surface area contributed by atoms with Gasteiger partial charge in [0.1, 0.15) is 5.69 Å². The summed E-state index contributed by atoms with van der Waals surface area (Å²) in [6, 6.07) is 3.66. The molecule has 0 saturated carbocycles. The lowest BCUT2D eigenvalue weighted by Crippen LogP contribution is -1.76. The average Bonchev–Trinajstić information content (AvgIpc) is 2.86. The Balaban J connectivity index is 2.24. The van der Waals surface area contributed by atoms with Crippen LogP contribution >= 0.6 is 11.3 Å². The summed E-state index contributed by atoms with van der Waals surface area (Å²) in [5, 5.41) is 1.89. The predicted molar refractivity (Wildman–Crippen MR) is 52.9 cm³/mol. The van der Waals surface area contributed by atoms with Gasteiger partial charge in [0.15, 0.2) is 11.2 Å². The first kappa shape index (κ1) is 7.64. The summed E-state index contributed by atoms with van der Waals surface area (Å²) in [6.45, 7) is 0. The third-order valence-electron chi connectivity index (χ3n) is 1.82. The van der Waals surface area contributed by atoms with Crippen LogP contribution in [-0.2, 0) is 0 Å². The van der Waals surface area contributed by atoms with Crippen molar-refractivity contribution in [3.8, 4) is 11.6 Å². The molecule has 3 aromatic rings. The first-order chi connectivity index (χ1) is 6.93. The molecule has 5 heteroatoms. The normalized spacial score (nSPS) is 10.9. The van der Waals surface area contributed by atoms with Crippen molar-refractivity contribution in [3.63, 3.8) is 0 Å². The smallest absolute Gasteiger partial charge is 0.248 e. The molecule has 0 amide bonds. The van der Waals surface area contributed by atoms with Crippen LogP contribution in [0.4, 0.5) is 0 Å². The molecular weight excluding hydrogens is 198 g/mol. The van der Waals surface area contributed by atoms with Crippen LogP contribution in [0.3, 0.4) is 0 Å². The highest BCUT2D eigenvalue weighted by molar-refractivity contribution is 7.07. The number of fused-ring (bicyclic) bond motifs is 1. The van der Waals surface area contributed by atoms with Gasteiger partial charge < -0.3 is 4.42 Å². The van der Waals surface area contributed by atoms with Gasteiger partial charge in [0.05, 0.1) is 5.51 Å². The van der Waals surface area contributed by atoms with E-state index in [0.29, 0.717) is 17.1 Å². The molecule has 4 nitrogen and oxygen atoms in total. The first-order valence-corrected chi connectivity index (χ1v) is 4.98. The van der Waals surface area contributed by atoms with Gasteiger partial charge in [0.2, 0.25) is 5.89 Å². The van der Waals surface area contributed by atoms with Crippen LogP contribution < -0.4 is 0 Å². The highest BCUT2D eigenvalue weighted by Crippen LogP contribution is 2.22. The first-order valence-electron chi connectivity index (χ1n) is 4.03. The van der Waals surface area contributed by atoms with Gasteiger partial charge in [-0.3, -0.25) is 0 Å². The summed E-state index contributed by atoms with van der Waals surface area (Å²) < 4.78 is 5.48. The van der Waals surface area contributed by atoms with E-state index in [9.17, 15) is 0 Å². The third-order valence-corrected chi connectivity index (χ3v) is 2.40. The molecule has 14 heavy (non-hydrogen) atoms. The summed E-state index contributed by atoms with van der Waals surface area (Å²) in [5.41, 5.74) is 3.82. The molecule has 0 N–H and O–H groups in total. The molecule has 3 rings (SSSR count). The molecule has 0 unspecified atom stereocenters. The Morgan fingerprint density at radius 2 is 2.29 bits per heavy atom. The van der Waals surface area contributed by atoms with Crippen LogP contribution in [0.2, 0.25) is 0 Å². The number of rotatable bonds is 1. The maximum atomic E-state index is 5.48. The van der Waals surface area contributed by atoms with E-state index in [0.717, 1.165) is 5.69 Å². The average molecular weight is 203 g/mol. The number of oxazole rings is 1. The van der Waals surface area contributed by atoms with Crippen molar-refractivity contribution in [2.24, 2.45) is 0 Å². The van der Waals surface area contributed by atoms with E-state index >= 15 is 0 Å². The molecule has 0 aliphatic carbocycles. The van der Waals surface area contributed by atoms with E-state index in [-0.39, 0.29) is 0 Å². The molecule has 68 valence electrons. The van der Waals surface area contributed by atoms with Gasteiger partial charge in [-0.05, 0) is 12.1 Å². The van der Waals surface area contributed by atoms with Crippen LogP contribution in [0.25, 0.3) is 22.8 Å². The molecule has 0 fully saturated rings. The summed E-state index contributed by atoms with van der Waals surface area (Å²) in [5.74, 6) is 0.528. The lowest BCUT2D eigenvalue weighted by Gasteiger charge is -1.82. The second-order valence-corrected chi connectivity index (χ2v) is 3.44. The summed E-state index contributed by atoms with van der Waals surface area (Å²) in [6.07, 6.45) is 1.69. The fourth-order valence-corrected chi connectivity index (χ4v) is 1.72. The third kappa shape index (κ3) is 1.10. The van der Waals surface area contributed by atoms with Crippen LogP contribution in [0.1, 0.15) is 0 Å². The van der Waals surface area contributed by atoms with Crippen molar-refractivity contribution in [2.75, 3.05) is 0 Å². The minimum Gasteiger partial charge on any atom is -0.433 e. The Morgan fingerprint density at radius 1 is 1.29 bits per heavy atom. The maximum absolute atomic E-state index is 5.48. The van der Waals surface area contributed by atoms with Gasteiger partial charge >= 0.3 is 0 Å². The molecule has 0 saturated heterocycles. The monoisotopic (exact) mass is 203 g/mol. The van der Waals surface area contributed by atoms with Crippen molar-refractivity contribution in [3.05, 3.63) is 29.2 Å². The van der Waals surface area contributed by atoms with E-state index in [2.05, 4.69) is 15.0 Å². The fourth-order valence-electron chi connectivity index (χ4n) is 1.20.